The van der Waals surface area contributed by atoms with Crippen LogP contribution in [0.2, 0.25) is 4.34 Å². The van der Waals surface area contributed by atoms with Gasteiger partial charge in [-0.05, 0) is 42.1 Å². The molecule has 2 heterocycles. The molecule has 0 saturated heterocycles. The van der Waals surface area contributed by atoms with Gasteiger partial charge in [-0.1, -0.05) is 11.6 Å². The lowest BCUT2D eigenvalue weighted by Gasteiger charge is -2.13. The van der Waals surface area contributed by atoms with Crippen LogP contribution in [0.5, 0.6) is 0 Å². The summed E-state index contributed by atoms with van der Waals surface area (Å²) in [6.45, 7) is 2.13. The third-order valence-corrected chi connectivity index (χ3v) is 4.70. The number of thiazole rings is 1. The lowest BCUT2D eigenvalue weighted by molar-refractivity contribution is 0.891. The average Bonchev–Trinajstić information content (AvgIpc) is 2.96. The van der Waals surface area contributed by atoms with Crippen LogP contribution in [0, 0.1) is 0 Å². The fourth-order valence-corrected chi connectivity index (χ4v) is 3.53. The number of rotatable bonds is 3. The van der Waals surface area contributed by atoms with Crippen LogP contribution in [0.4, 0.5) is 5.69 Å². The zero-order valence-electron chi connectivity index (χ0n) is 9.68. The Morgan fingerprint density at radius 1 is 1.28 bits per heavy atom. The topological polar surface area (TPSA) is 24.9 Å². The summed E-state index contributed by atoms with van der Waals surface area (Å²) in [5.74, 6) is 0. The number of nitrogens with zero attached hydrogens (tertiary/aromatic N) is 1. The molecule has 2 nitrogen and oxygen atoms in total. The Morgan fingerprint density at radius 3 is 2.94 bits per heavy atom. The fraction of sp³-hybridized carbons (Fsp3) is 0.154. The summed E-state index contributed by atoms with van der Waals surface area (Å²) in [4.78, 5) is 4.28. The molecule has 5 heteroatoms. The van der Waals surface area contributed by atoms with E-state index in [4.69, 9.17) is 11.6 Å². The number of halogens is 1. The summed E-state index contributed by atoms with van der Waals surface area (Å²) in [7, 11) is 0. The van der Waals surface area contributed by atoms with Gasteiger partial charge in [0.15, 0.2) is 0 Å². The highest BCUT2D eigenvalue weighted by molar-refractivity contribution is 7.16. The Hall–Kier alpha value is -1.10. The highest BCUT2D eigenvalue weighted by Gasteiger charge is 2.08. The van der Waals surface area contributed by atoms with Gasteiger partial charge in [-0.3, -0.25) is 0 Å². The lowest BCUT2D eigenvalue weighted by atomic mass is 10.1. The molecular formula is C13H11ClN2S2. The molecule has 2 aromatic heterocycles. The first-order chi connectivity index (χ1) is 8.72. The summed E-state index contributed by atoms with van der Waals surface area (Å²) < 4.78 is 2.03. The van der Waals surface area contributed by atoms with E-state index >= 15 is 0 Å². The summed E-state index contributed by atoms with van der Waals surface area (Å²) in [5, 5.41) is 5.57. The average molecular weight is 295 g/mol. The molecule has 0 aliphatic heterocycles. The van der Waals surface area contributed by atoms with Crippen LogP contribution in [0.15, 0.2) is 35.2 Å². The van der Waals surface area contributed by atoms with Crippen LogP contribution >= 0.6 is 34.3 Å². The van der Waals surface area contributed by atoms with Crippen molar-refractivity contribution in [2.24, 2.45) is 0 Å². The lowest BCUT2D eigenvalue weighted by Crippen LogP contribution is -2.05. The van der Waals surface area contributed by atoms with Crippen molar-refractivity contribution in [2.45, 2.75) is 13.0 Å². The number of hydrogen-bond donors (Lipinski definition) is 1. The number of nitrogens with one attached hydrogen (secondary N) is 1. The zero-order chi connectivity index (χ0) is 12.5. The van der Waals surface area contributed by atoms with Crippen LogP contribution < -0.4 is 5.32 Å². The Morgan fingerprint density at radius 2 is 2.17 bits per heavy atom. The smallest absolute Gasteiger partial charge is 0.0931 e. The van der Waals surface area contributed by atoms with E-state index in [1.54, 1.807) is 22.7 Å². The Labute approximate surface area is 118 Å². The fourth-order valence-electron chi connectivity index (χ4n) is 1.83. The van der Waals surface area contributed by atoms with E-state index in [0.29, 0.717) is 0 Å². The van der Waals surface area contributed by atoms with Crippen LogP contribution in [0.1, 0.15) is 18.5 Å². The van der Waals surface area contributed by atoms with Gasteiger partial charge in [0.25, 0.3) is 0 Å². The predicted molar refractivity (Wildman–Crippen MR) is 81.0 cm³/mol. The Balaban J connectivity index is 1.83. The van der Waals surface area contributed by atoms with E-state index < -0.39 is 0 Å². The van der Waals surface area contributed by atoms with E-state index in [0.717, 1.165) is 15.5 Å². The maximum Gasteiger partial charge on any atom is 0.0931 e. The van der Waals surface area contributed by atoms with Gasteiger partial charge in [0.05, 0.1) is 20.1 Å². The number of anilines is 1. The molecule has 0 saturated carbocycles. The first kappa shape index (κ1) is 12.0. The summed E-state index contributed by atoms with van der Waals surface area (Å²) in [6.07, 6.45) is 0. The Bertz CT molecular complexity index is 674. The summed E-state index contributed by atoms with van der Waals surface area (Å²) >= 11 is 9.18. The molecule has 1 aromatic carbocycles. The van der Waals surface area contributed by atoms with Crippen LogP contribution in [0.3, 0.4) is 0 Å². The standard InChI is InChI=1S/C13H11ClN2S2/c1-8(9-4-13(14)17-6-9)16-10-2-3-11-12(5-10)18-7-15-11/h2-8,16H,1H3. The molecule has 0 spiro atoms. The molecule has 18 heavy (non-hydrogen) atoms. The quantitative estimate of drug-likeness (QED) is 0.719. The second kappa shape index (κ2) is 4.88. The van der Waals surface area contributed by atoms with E-state index in [1.807, 2.05) is 17.6 Å². The monoisotopic (exact) mass is 294 g/mol. The van der Waals surface area contributed by atoms with Gasteiger partial charge in [-0.25, -0.2) is 4.98 Å². The molecule has 0 bridgehead atoms. The van der Waals surface area contributed by atoms with Crippen LogP contribution in [0.25, 0.3) is 10.2 Å². The SMILES string of the molecule is CC(Nc1ccc2ncsc2c1)c1csc(Cl)c1. The van der Waals surface area contributed by atoms with Crippen molar-refractivity contribution >= 4 is 50.2 Å². The highest BCUT2D eigenvalue weighted by atomic mass is 35.5. The molecule has 92 valence electrons. The molecule has 0 radical (unpaired) electrons. The van der Waals surface area contributed by atoms with Crippen molar-refractivity contribution in [3.63, 3.8) is 0 Å². The maximum absolute atomic E-state index is 5.96. The minimum absolute atomic E-state index is 0.249. The van der Waals surface area contributed by atoms with Gasteiger partial charge < -0.3 is 5.32 Å². The first-order valence-electron chi connectivity index (χ1n) is 5.56. The minimum atomic E-state index is 0.249. The third-order valence-electron chi connectivity index (χ3n) is 2.80. The van der Waals surface area contributed by atoms with Gasteiger partial charge in [0, 0.05) is 11.7 Å². The minimum Gasteiger partial charge on any atom is -0.378 e. The molecular weight excluding hydrogens is 284 g/mol. The van der Waals surface area contributed by atoms with E-state index in [-0.39, 0.29) is 6.04 Å². The van der Waals surface area contributed by atoms with Gasteiger partial charge >= 0.3 is 0 Å². The van der Waals surface area contributed by atoms with Crippen molar-refractivity contribution in [2.75, 3.05) is 5.32 Å². The molecule has 0 fully saturated rings. The molecule has 3 rings (SSSR count). The van der Waals surface area contributed by atoms with Crippen molar-refractivity contribution in [1.82, 2.24) is 4.98 Å². The zero-order valence-corrected chi connectivity index (χ0v) is 12.1. The number of aromatic nitrogens is 1. The number of fused-ring (bicyclic) bond motifs is 1. The number of benzene rings is 1. The normalized spacial score (nSPS) is 12.8. The Kier molecular flexibility index (Phi) is 3.24. The second-order valence-electron chi connectivity index (χ2n) is 4.09. The number of hydrogen-bond acceptors (Lipinski definition) is 4. The summed E-state index contributed by atoms with van der Waals surface area (Å²) in [5.41, 5.74) is 5.25. The molecule has 0 aliphatic rings. The van der Waals surface area contributed by atoms with E-state index in [1.165, 1.54) is 10.3 Å². The first-order valence-corrected chi connectivity index (χ1v) is 7.70. The molecule has 0 aliphatic carbocycles. The number of thiophene rings is 1. The highest BCUT2D eigenvalue weighted by Crippen LogP contribution is 2.28. The molecule has 1 unspecified atom stereocenters. The molecule has 1 N–H and O–H groups in total. The molecule has 3 aromatic rings. The van der Waals surface area contributed by atoms with Crippen molar-refractivity contribution < 1.29 is 0 Å². The van der Waals surface area contributed by atoms with Gasteiger partial charge in [0.2, 0.25) is 0 Å². The maximum atomic E-state index is 5.96. The second-order valence-corrected chi connectivity index (χ2v) is 6.51. The van der Waals surface area contributed by atoms with Crippen molar-refractivity contribution in [1.29, 1.82) is 0 Å². The molecule has 1 atom stereocenters. The van der Waals surface area contributed by atoms with Crippen LogP contribution in [-0.4, -0.2) is 4.98 Å². The third kappa shape index (κ3) is 2.36. The van der Waals surface area contributed by atoms with Crippen molar-refractivity contribution in [3.8, 4) is 0 Å². The summed E-state index contributed by atoms with van der Waals surface area (Å²) in [6, 6.07) is 8.50. The van der Waals surface area contributed by atoms with E-state index in [9.17, 15) is 0 Å². The van der Waals surface area contributed by atoms with E-state index in [2.05, 4.69) is 34.7 Å². The van der Waals surface area contributed by atoms with Crippen molar-refractivity contribution in [3.05, 3.63) is 45.1 Å². The van der Waals surface area contributed by atoms with Crippen LogP contribution in [-0.2, 0) is 0 Å². The predicted octanol–water partition coefficient (Wildman–Crippen LogP) is 5.18. The van der Waals surface area contributed by atoms with Gasteiger partial charge in [0.1, 0.15) is 0 Å². The van der Waals surface area contributed by atoms with Gasteiger partial charge in [-0.15, -0.1) is 22.7 Å². The largest absolute Gasteiger partial charge is 0.378 e. The van der Waals surface area contributed by atoms with Gasteiger partial charge in [-0.2, -0.15) is 0 Å². The molecule has 0 amide bonds.